The minimum absolute atomic E-state index is 0.0258. The average Bonchev–Trinajstić information content (AvgIpc) is 2.66. The van der Waals surface area contributed by atoms with Crippen molar-refractivity contribution >= 4 is 12.0 Å². The minimum Gasteiger partial charge on any atom is -0.438 e. The number of rotatable bonds is 4. The van der Waals surface area contributed by atoms with Crippen molar-refractivity contribution in [3.63, 3.8) is 0 Å². The van der Waals surface area contributed by atoms with Gasteiger partial charge in [0, 0.05) is 12.6 Å². The first-order chi connectivity index (χ1) is 9.85. The van der Waals surface area contributed by atoms with Crippen molar-refractivity contribution in [2.45, 2.75) is 20.8 Å². The van der Waals surface area contributed by atoms with Gasteiger partial charge in [0.15, 0.2) is 6.29 Å². The van der Waals surface area contributed by atoms with E-state index in [1.807, 2.05) is 0 Å². The van der Waals surface area contributed by atoms with E-state index in [4.69, 9.17) is 4.74 Å². The van der Waals surface area contributed by atoms with E-state index < -0.39 is 4.92 Å². The number of carbonyl (C=O) groups is 1. The average molecular weight is 289 g/mol. The standard InChI is InChI=1S/C14H15N3O4/c1-8-5-9(2)13(6-12(8)17(19)20)21-14-11(7-18)10(3)15-16(14)4/h5-7H,1-4H3. The number of aryl methyl sites for hydroxylation is 4. The molecule has 7 heteroatoms. The summed E-state index contributed by atoms with van der Waals surface area (Å²) in [6.07, 6.45) is 0.662. The molecule has 0 saturated carbocycles. The monoisotopic (exact) mass is 289 g/mol. The van der Waals surface area contributed by atoms with E-state index in [0.29, 0.717) is 28.9 Å². The molecule has 7 nitrogen and oxygen atoms in total. The van der Waals surface area contributed by atoms with Gasteiger partial charge >= 0.3 is 0 Å². The maximum Gasteiger partial charge on any atom is 0.276 e. The third-order valence-electron chi connectivity index (χ3n) is 3.23. The summed E-state index contributed by atoms with van der Waals surface area (Å²) in [6.45, 7) is 5.15. The fraction of sp³-hybridized carbons (Fsp3) is 0.286. The van der Waals surface area contributed by atoms with Crippen LogP contribution in [0.5, 0.6) is 11.6 Å². The predicted octanol–water partition coefficient (Wildman–Crippen LogP) is 2.86. The third kappa shape index (κ3) is 2.62. The van der Waals surface area contributed by atoms with E-state index >= 15 is 0 Å². The molecule has 1 heterocycles. The van der Waals surface area contributed by atoms with Crippen LogP contribution in [0.3, 0.4) is 0 Å². The summed E-state index contributed by atoms with van der Waals surface area (Å²) in [6, 6.07) is 3.04. The van der Waals surface area contributed by atoms with Crippen molar-refractivity contribution in [3.8, 4) is 11.6 Å². The molecule has 0 aliphatic heterocycles. The van der Waals surface area contributed by atoms with Crippen molar-refractivity contribution in [1.29, 1.82) is 0 Å². The number of aldehydes is 1. The molecule has 1 aromatic heterocycles. The maximum atomic E-state index is 11.1. The van der Waals surface area contributed by atoms with Crippen molar-refractivity contribution in [2.24, 2.45) is 7.05 Å². The number of nitro benzene ring substituents is 1. The number of benzene rings is 1. The summed E-state index contributed by atoms with van der Waals surface area (Å²) in [5, 5.41) is 15.1. The van der Waals surface area contributed by atoms with E-state index in [1.165, 1.54) is 10.7 Å². The van der Waals surface area contributed by atoms with Gasteiger partial charge in [0.1, 0.15) is 5.75 Å². The lowest BCUT2D eigenvalue weighted by molar-refractivity contribution is -0.385. The lowest BCUT2D eigenvalue weighted by Crippen LogP contribution is -2.00. The maximum absolute atomic E-state index is 11.1. The van der Waals surface area contributed by atoms with Crippen molar-refractivity contribution in [1.82, 2.24) is 9.78 Å². The highest BCUT2D eigenvalue weighted by atomic mass is 16.6. The number of aromatic nitrogens is 2. The van der Waals surface area contributed by atoms with Gasteiger partial charge < -0.3 is 4.74 Å². The largest absolute Gasteiger partial charge is 0.438 e. The van der Waals surface area contributed by atoms with Gasteiger partial charge in [-0.25, -0.2) is 4.68 Å². The summed E-state index contributed by atoms with van der Waals surface area (Å²) in [4.78, 5) is 21.7. The van der Waals surface area contributed by atoms with Crippen molar-refractivity contribution < 1.29 is 14.5 Å². The summed E-state index contributed by atoms with van der Waals surface area (Å²) >= 11 is 0. The number of nitrogens with zero attached hydrogens (tertiary/aromatic N) is 3. The second-order valence-corrected chi connectivity index (χ2v) is 4.81. The molecule has 0 atom stereocenters. The topological polar surface area (TPSA) is 87.3 Å². The summed E-state index contributed by atoms with van der Waals surface area (Å²) in [5.41, 5.74) is 2.15. The van der Waals surface area contributed by atoms with Crippen LogP contribution in [0.15, 0.2) is 12.1 Å². The lowest BCUT2D eigenvalue weighted by atomic mass is 10.1. The van der Waals surface area contributed by atoms with Crippen LogP contribution >= 0.6 is 0 Å². The van der Waals surface area contributed by atoms with E-state index in [9.17, 15) is 14.9 Å². The molecule has 2 rings (SSSR count). The molecule has 0 N–H and O–H groups in total. The Balaban J connectivity index is 2.52. The zero-order valence-corrected chi connectivity index (χ0v) is 12.2. The molecule has 1 aromatic carbocycles. The predicted molar refractivity (Wildman–Crippen MR) is 76.0 cm³/mol. The van der Waals surface area contributed by atoms with Gasteiger partial charge in [0.25, 0.3) is 5.69 Å². The second-order valence-electron chi connectivity index (χ2n) is 4.81. The molecular weight excluding hydrogens is 274 g/mol. The summed E-state index contributed by atoms with van der Waals surface area (Å²) in [5.74, 6) is 0.599. The van der Waals surface area contributed by atoms with E-state index in [2.05, 4.69) is 5.10 Å². The first-order valence-electron chi connectivity index (χ1n) is 6.27. The van der Waals surface area contributed by atoms with Crippen LogP contribution in [0.1, 0.15) is 27.2 Å². The van der Waals surface area contributed by atoms with Crippen LogP contribution in [0, 0.1) is 30.9 Å². The molecule has 0 radical (unpaired) electrons. The quantitative estimate of drug-likeness (QED) is 0.490. The Bertz CT molecular complexity index is 734. The molecule has 110 valence electrons. The van der Waals surface area contributed by atoms with Crippen LogP contribution in [0.2, 0.25) is 0 Å². The minimum atomic E-state index is -0.462. The van der Waals surface area contributed by atoms with Gasteiger partial charge in [-0.15, -0.1) is 0 Å². The highest BCUT2D eigenvalue weighted by Crippen LogP contribution is 2.33. The Morgan fingerprint density at radius 1 is 1.29 bits per heavy atom. The fourth-order valence-electron chi connectivity index (χ4n) is 2.14. The number of hydrogen-bond acceptors (Lipinski definition) is 5. The highest BCUT2D eigenvalue weighted by Gasteiger charge is 2.19. The van der Waals surface area contributed by atoms with Crippen LogP contribution in [-0.4, -0.2) is 21.0 Å². The normalized spacial score (nSPS) is 10.5. The first-order valence-corrected chi connectivity index (χ1v) is 6.27. The van der Waals surface area contributed by atoms with Gasteiger partial charge in [0.2, 0.25) is 5.88 Å². The lowest BCUT2D eigenvalue weighted by Gasteiger charge is -2.10. The summed E-state index contributed by atoms with van der Waals surface area (Å²) in [7, 11) is 1.65. The SMILES string of the molecule is Cc1cc(C)c([N+](=O)[O-])cc1Oc1c(C=O)c(C)nn1C. The van der Waals surface area contributed by atoms with Crippen molar-refractivity contribution in [2.75, 3.05) is 0 Å². The van der Waals surface area contributed by atoms with Gasteiger partial charge in [-0.1, -0.05) is 0 Å². The zero-order chi connectivity index (χ0) is 15.7. The second kappa shape index (κ2) is 5.35. The highest BCUT2D eigenvalue weighted by molar-refractivity contribution is 5.80. The van der Waals surface area contributed by atoms with Crippen LogP contribution < -0.4 is 4.74 Å². The van der Waals surface area contributed by atoms with Crippen molar-refractivity contribution in [3.05, 3.63) is 44.6 Å². The van der Waals surface area contributed by atoms with Crippen LogP contribution in [-0.2, 0) is 7.05 Å². The van der Waals surface area contributed by atoms with Crippen LogP contribution in [0.4, 0.5) is 5.69 Å². The Morgan fingerprint density at radius 2 is 1.95 bits per heavy atom. The number of carbonyl (C=O) groups excluding carboxylic acids is 1. The van der Waals surface area contributed by atoms with E-state index in [-0.39, 0.29) is 11.6 Å². The molecule has 0 spiro atoms. The Labute approximate surface area is 121 Å². The summed E-state index contributed by atoms with van der Waals surface area (Å²) < 4.78 is 7.13. The molecule has 0 unspecified atom stereocenters. The van der Waals surface area contributed by atoms with E-state index in [0.717, 1.165) is 5.56 Å². The molecular formula is C14H15N3O4. The Morgan fingerprint density at radius 3 is 2.52 bits per heavy atom. The molecule has 0 bridgehead atoms. The molecule has 0 saturated heterocycles. The van der Waals surface area contributed by atoms with Gasteiger partial charge in [-0.2, -0.15) is 5.10 Å². The molecule has 2 aromatic rings. The molecule has 0 aliphatic carbocycles. The Kier molecular flexibility index (Phi) is 3.75. The number of nitro groups is 1. The molecule has 0 aliphatic rings. The van der Waals surface area contributed by atoms with E-state index in [1.54, 1.807) is 33.9 Å². The van der Waals surface area contributed by atoms with Gasteiger partial charge in [0.05, 0.1) is 22.2 Å². The smallest absolute Gasteiger partial charge is 0.276 e. The number of ether oxygens (including phenoxy) is 1. The molecule has 0 amide bonds. The first kappa shape index (κ1) is 14.7. The molecule has 0 fully saturated rings. The third-order valence-corrected chi connectivity index (χ3v) is 3.23. The Hall–Kier alpha value is -2.70. The van der Waals surface area contributed by atoms with Gasteiger partial charge in [-0.05, 0) is 32.4 Å². The van der Waals surface area contributed by atoms with Crippen LogP contribution in [0.25, 0.3) is 0 Å². The van der Waals surface area contributed by atoms with Gasteiger partial charge in [-0.3, -0.25) is 14.9 Å². The fourth-order valence-corrected chi connectivity index (χ4v) is 2.14. The zero-order valence-electron chi connectivity index (χ0n) is 12.2. The molecule has 21 heavy (non-hydrogen) atoms. The number of hydrogen-bond donors (Lipinski definition) is 0.